The third kappa shape index (κ3) is 3.65. The number of aromatic nitrogens is 2. The molecule has 23 heavy (non-hydrogen) atoms. The number of benzene rings is 1. The number of amides is 1. The summed E-state index contributed by atoms with van der Waals surface area (Å²) < 4.78 is 10.5. The molecule has 2 aromatic rings. The summed E-state index contributed by atoms with van der Waals surface area (Å²) in [5, 5.41) is 2.95. The predicted octanol–water partition coefficient (Wildman–Crippen LogP) is 2.22. The van der Waals surface area contributed by atoms with Gasteiger partial charge in [0.25, 0.3) is 0 Å². The number of aryl methyl sites for hydroxylation is 1. The molecule has 1 aromatic carbocycles. The molecule has 1 atom stereocenters. The summed E-state index contributed by atoms with van der Waals surface area (Å²) in [5.41, 5.74) is 7.11. The second-order valence-corrected chi connectivity index (χ2v) is 6.34. The second kappa shape index (κ2) is 6.33. The minimum Gasteiger partial charge on any atom is -0.454 e. The summed E-state index contributed by atoms with van der Waals surface area (Å²) in [6.07, 6.45) is 0. The van der Waals surface area contributed by atoms with Gasteiger partial charge in [-0.25, -0.2) is 9.97 Å². The molecular formula is C15H16N4O3S. The molecule has 0 fully saturated rings. The summed E-state index contributed by atoms with van der Waals surface area (Å²) in [4.78, 5) is 20.7. The number of carbonyl (C=O) groups is 1. The van der Waals surface area contributed by atoms with E-state index in [2.05, 4.69) is 15.3 Å². The van der Waals surface area contributed by atoms with E-state index in [0.717, 1.165) is 5.69 Å². The van der Waals surface area contributed by atoms with Crippen LogP contribution in [0.25, 0.3) is 0 Å². The first-order valence-corrected chi connectivity index (χ1v) is 7.87. The zero-order chi connectivity index (χ0) is 16.4. The Labute approximate surface area is 137 Å². The number of anilines is 2. The van der Waals surface area contributed by atoms with E-state index in [4.69, 9.17) is 15.2 Å². The molecule has 2 heterocycles. The Balaban J connectivity index is 1.65. The van der Waals surface area contributed by atoms with Crippen LogP contribution in [0.5, 0.6) is 11.5 Å². The van der Waals surface area contributed by atoms with Gasteiger partial charge in [-0.05, 0) is 26.0 Å². The summed E-state index contributed by atoms with van der Waals surface area (Å²) in [6.45, 7) is 3.82. The van der Waals surface area contributed by atoms with E-state index in [1.165, 1.54) is 11.8 Å². The predicted molar refractivity (Wildman–Crippen MR) is 87.7 cm³/mol. The summed E-state index contributed by atoms with van der Waals surface area (Å²) in [6, 6.07) is 6.95. The fourth-order valence-electron chi connectivity index (χ4n) is 2.05. The summed E-state index contributed by atoms with van der Waals surface area (Å²) >= 11 is 1.25. The number of nitrogens with two attached hydrogens (primary N) is 1. The van der Waals surface area contributed by atoms with Gasteiger partial charge in [0.15, 0.2) is 16.7 Å². The molecule has 0 aliphatic carbocycles. The molecule has 1 amide bonds. The van der Waals surface area contributed by atoms with Crippen LogP contribution in [0.2, 0.25) is 0 Å². The Bertz CT molecular complexity index is 733. The van der Waals surface area contributed by atoms with Gasteiger partial charge in [-0.1, -0.05) is 11.8 Å². The molecule has 1 aromatic heterocycles. The number of hydrogen-bond acceptors (Lipinski definition) is 7. The number of nitrogens with zero attached hydrogens (tertiary/aromatic N) is 2. The van der Waals surface area contributed by atoms with Crippen molar-refractivity contribution in [2.75, 3.05) is 17.8 Å². The van der Waals surface area contributed by atoms with Crippen molar-refractivity contribution in [3.8, 4) is 11.5 Å². The molecule has 120 valence electrons. The lowest BCUT2D eigenvalue weighted by Gasteiger charge is -2.12. The molecule has 0 bridgehead atoms. The Hall–Kier alpha value is -2.48. The Morgan fingerprint density at radius 1 is 1.30 bits per heavy atom. The number of carbonyl (C=O) groups excluding carboxylic acids is 1. The van der Waals surface area contributed by atoms with Gasteiger partial charge in [0.1, 0.15) is 5.82 Å². The van der Waals surface area contributed by atoms with Crippen molar-refractivity contribution in [2.24, 2.45) is 0 Å². The Morgan fingerprint density at radius 3 is 2.87 bits per heavy atom. The number of rotatable bonds is 4. The largest absolute Gasteiger partial charge is 0.454 e. The van der Waals surface area contributed by atoms with Crippen LogP contribution in [0.3, 0.4) is 0 Å². The van der Waals surface area contributed by atoms with E-state index in [-0.39, 0.29) is 18.0 Å². The van der Waals surface area contributed by atoms with Crippen molar-refractivity contribution in [3.05, 3.63) is 30.0 Å². The lowest BCUT2D eigenvalue weighted by Crippen LogP contribution is -2.22. The summed E-state index contributed by atoms with van der Waals surface area (Å²) in [7, 11) is 0. The van der Waals surface area contributed by atoms with Gasteiger partial charge in [-0.2, -0.15) is 0 Å². The maximum atomic E-state index is 12.3. The first-order valence-electron chi connectivity index (χ1n) is 6.99. The number of nitrogen functional groups attached to an aromatic ring is 1. The maximum absolute atomic E-state index is 12.3. The number of thioether (sulfide) groups is 1. The van der Waals surface area contributed by atoms with E-state index in [1.54, 1.807) is 31.2 Å². The highest BCUT2D eigenvalue weighted by atomic mass is 32.2. The molecule has 0 spiro atoms. The molecule has 3 N–H and O–H groups in total. The molecule has 1 unspecified atom stereocenters. The highest BCUT2D eigenvalue weighted by molar-refractivity contribution is 8.00. The molecule has 8 heteroatoms. The van der Waals surface area contributed by atoms with Crippen molar-refractivity contribution in [1.82, 2.24) is 9.97 Å². The van der Waals surface area contributed by atoms with Crippen molar-refractivity contribution in [1.29, 1.82) is 0 Å². The maximum Gasteiger partial charge on any atom is 0.237 e. The number of hydrogen-bond donors (Lipinski definition) is 2. The highest BCUT2D eigenvalue weighted by Crippen LogP contribution is 2.34. The van der Waals surface area contributed by atoms with Crippen molar-refractivity contribution in [2.45, 2.75) is 24.3 Å². The van der Waals surface area contributed by atoms with E-state index < -0.39 is 0 Å². The van der Waals surface area contributed by atoms with E-state index in [0.29, 0.717) is 28.2 Å². The average Bonchev–Trinajstić information content (AvgIpc) is 2.93. The zero-order valence-corrected chi connectivity index (χ0v) is 13.5. The average molecular weight is 332 g/mol. The minimum absolute atomic E-state index is 0.155. The molecular weight excluding hydrogens is 316 g/mol. The van der Waals surface area contributed by atoms with Gasteiger partial charge in [-0.3, -0.25) is 4.79 Å². The SMILES string of the molecule is Cc1cc(N)nc(SC(C)C(=O)Nc2ccc3c(c2)OCO3)n1. The van der Waals surface area contributed by atoms with Crippen LogP contribution < -0.4 is 20.5 Å². The van der Waals surface area contributed by atoms with Crippen LogP contribution in [0.1, 0.15) is 12.6 Å². The number of nitrogens with one attached hydrogen (secondary N) is 1. The first-order chi connectivity index (χ1) is 11.0. The topological polar surface area (TPSA) is 99.4 Å². The number of fused-ring (bicyclic) bond motifs is 1. The lowest BCUT2D eigenvalue weighted by atomic mass is 10.2. The standard InChI is InChI=1S/C15H16N4O3S/c1-8-5-13(16)19-15(17-8)23-9(2)14(20)18-10-3-4-11-12(6-10)22-7-21-11/h3-6,9H,7H2,1-2H3,(H,18,20)(H2,16,17,19). The molecule has 0 radical (unpaired) electrons. The van der Waals surface area contributed by atoms with Crippen molar-refractivity contribution in [3.63, 3.8) is 0 Å². The minimum atomic E-state index is -0.373. The zero-order valence-electron chi connectivity index (χ0n) is 12.7. The third-order valence-electron chi connectivity index (χ3n) is 3.15. The summed E-state index contributed by atoms with van der Waals surface area (Å²) in [5.74, 6) is 1.54. The highest BCUT2D eigenvalue weighted by Gasteiger charge is 2.19. The molecule has 0 saturated carbocycles. The molecule has 1 aliphatic rings. The van der Waals surface area contributed by atoms with Gasteiger partial charge >= 0.3 is 0 Å². The molecule has 0 saturated heterocycles. The van der Waals surface area contributed by atoms with E-state index >= 15 is 0 Å². The molecule has 3 rings (SSSR count). The van der Waals surface area contributed by atoms with Crippen LogP contribution in [-0.4, -0.2) is 27.9 Å². The van der Waals surface area contributed by atoms with Gasteiger partial charge in [0.2, 0.25) is 12.7 Å². The van der Waals surface area contributed by atoms with Gasteiger partial charge in [0, 0.05) is 23.5 Å². The fraction of sp³-hybridized carbons (Fsp3) is 0.267. The van der Waals surface area contributed by atoms with Gasteiger partial charge in [0.05, 0.1) is 5.25 Å². The van der Waals surface area contributed by atoms with Crippen LogP contribution in [-0.2, 0) is 4.79 Å². The van der Waals surface area contributed by atoms with Crippen LogP contribution >= 0.6 is 11.8 Å². The van der Waals surface area contributed by atoms with Crippen LogP contribution in [0.15, 0.2) is 29.4 Å². The Kier molecular flexibility index (Phi) is 4.24. The smallest absolute Gasteiger partial charge is 0.237 e. The van der Waals surface area contributed by atoms with Crippen LogP contribution in [0.4, 0.5) is 11.5 Å². The van der Waals surface area contributed by atoms with E-state index in [1.807, 2.05) is 6.92 Å². The molecule has 1 aliphatic heterocycles. The van der Waals surface area contributed by atoms with Crippen molar-refractivity contribution < 1.29 is 14.3 Å². The van der Waals surface area contributed by atoms with Crippen LogP contribution in [0, 0.1) is 6.92 Å². The quantitative estimate of drug-likeness (QED) is 0.654. The normalized spacial score (nSPS) is 13.7. The van der Waals surface area contributed by atoms with Gasteiger partial charge < -0.3 is 20.5 Å². The van der Waals surface area contributed by atoms with Gasteiger partial charge in [-0.15, -0.1) is 0 Å². The monoisotopic (exact) mass is 332 g/mol. The number of ether oxygens (including phenoxy) is 2. The van der Waals surface area contributed by atoms with Crippen molar-refractivity contribution >= 4 is 29.2 Å². The fourth-order valence-corrected chi connectivity index (χ4v) is 2.88. The molecule has 7 nitrogen and oxygen atoms in total. The Morgan fingerprint density at radius 2 is 2.09 bits per heavy atom. The second-order valence-electron chi connectivity index (χ2n) is 5.03. The lowest BCUT2D eigenvalue weighted by molar-refractivity contribution is -0.115. The first kappa shape index (κ1) is 15.4. The van der Waals surface area contributed by atoms with E-state index in [9.17, 15) is 4.79 Å². The third-order valence-corrected chi connectivity index (χ3v) is 4.11.